The van der Waals surface area contributed by atoms with Gasteiger partial charge in [0.25, 0.3) is 0 Å². The van der Waals surface area contributed by atoms with Gasteiger partial charge in [-0.05, 0) is 30.0 Å². The fourth-order valence-electron chi connectivity index (χ4n) is 1.49. The van der Waals surface area contributed by atoms with E-state index in [1.807, 2.05) is 30.3 Å². The minimum absolute atomic E-state index is 0.102. The first-order valence-electron chi connectivity index (χ1n) is 5.95. The Balaban J connectivity index is 2.49. The molecule has 1 aromatic carbocycles. The number of nitriles is 1. The summed E-state index contributed by atoms with van der Waals surface area (Å²) in [6, 6.07) is 9.80. The summed E-state index contributed by atoms with van der Waals surface area (Å²) in [6.45, 7) is 4.51. The van der Waals surface area contributed by atoms with Crippen LogP contribution in [0.3, 0.4) is 0 Å². The van der Waals surface area contributed by atoms with Crippen molar-refractivity contribution in [3.05, 3.63) is 29.8 Å². The first-order valence-corrected chi connectivity index (χ1v) is 5.95. The van der Waals surface area contributed by atoms with Gasteiger partial charge in [-0.15, -0.1) is 0 Å². The second kappa shape index (κ2) is 6.93. The molecule has 17 heavy (non-hydrogen) atoms. The number of hydrogen-bond donors (Lipinski definition) is 1. The second-order valence-electron chi connectivity index (χ2n) is 4.21. The molecular weight excluding hydrogens is 214 g/mol. The van der Waals surface area contributed by atoms with Gasteiger partial charge in [-0.2, -0.15) is 5.26 Å². The van der Waals surface area contributed by atoms with Gasteiger partial charge in [-0.25, -0.2) is 0 Å². The third-order valence-electron chi connectivity index (χ3n) is 2.83. The second-order valence-corrected chi connectivity index (χ2v) is 4.21. The molecule has 0 fully saturated rings. The van der Waals surface area contributed by atoms with Crippen LogP contribution in [0.5, 0.6) is 5.75 Å². The Kier molecular flexibility index (Phi) is 5.51. The van der Waals surface area contributed by atoms with Gasteiger partial charge in [0.1, 0.15) is 18.5 Å². The predicted octanol–water partition coefficient (Wildman–Crippen LogP) is 2.85. The van der Waals surface area contributed by atoms with E-state index in [9.17, 15) is 5.11 Å². The van der Waals surface area contributed by atoms with Crippen molar-refractivity contribution in [2.45, 2.75) is 38.7 Å². The zero-order valence-electron chi connectivity index (χ0n) is 10.4. The van der Waals surface area contributed by atoms with E-state index in [0.29, 0.717) is 5.92 Å². The highest BCUT2D eigenvalue weighted by Gasteiger charge is 2.05. The summed E-state index contributed by atoms with van der Waals surface area (Å²) in [7, 11) is 0. The molecule has 1 N–H and O–H groups in total. The van der Waals surface area contributed by atoms with Crippen LogP contribution in [0.1, 0.15) is 38.2 Å². The van der Waals surface area contributed by atoms with E-state index in [0.717, 1.165) is 12.2 Å². The molecule has 0 saturated carbocycles. The van der Waals surface area contributed by atoms with Crippen LogP contribution in [0.2, 0.25) is 0 Å². The molecular formula is C14H19NO2. The fourth-order valence-corrected chi connectivity index (χ4v) is 1.49. The van der Waals surface area contributed by atoms with E-state index in [4.69, 9.17) is 10.00 Å². The van der Waals surface area contributed by atoms with Crippen LogP contribution in [0, 0.1) is 11.3 Å². The van der Waals surface area contributed by atoms with Gasteiger partial charge in [-0.1, -0.05) is 26.0 Å². The molecule has 0 aliphatic rings. The van der Waals surface area contributed by atoms with Crippen molar-refractivity contribution in [1.29, 1.82) is 5.26 Å². The highest BCUT2D eigenvalue weighted by Crippen LogP contribution is 2.21. The van der Waals surface area contributed by atoms with Crippen molar-refractivity contribution in [2.24, 2.45) is 0 Å². The zero-order chi connectivity index (χ0) is 12.7. The highest BCUT2D eigenvalue weighted by molar-refractivity contribution is 5.29. The number of hydrogen-bond acceptors (Lipinski definition) is 3. The first kappa shape index (κ1) is 13.5. The molecule has 0 aliphatic carbocycles. The van der Waals surface area contributed by atoms with Crippen molar-refractivity contribution in [3.63, 3.8) is 0 Å². The average Bonchev–Trinajstić information content (AvgIpc) is 2.36. The maximum atomic E-state index is 9.34. The van der Waals surface area contributed by atoms with Crippen molar-refractivity contribution in [2.75, 3.05) is 6.61 Å². The van der Waals surface area contributed by atoms with Gasteiger partial charge in [0.2, 0.25) is 0 Å². The lowest BCUT2D eigenvalue weighted by molar-refractivity contribution is 0.111. The van der Waals surface area contributed by atoms with Gasteiger partial charge in [0.15, 0.2) is 0 Å². The normalized spacial score (nSPS) is 13.8. The summed E-state index contributed by atoms with van der Waals surface area (Å²) in [5, 5.41) is 17.7. The lowest BCUT2D eigenvalue weighted by Crippen LogP contribution is -2.16. The molecule has 0 unspecified atom stereocenters. The van der Waals surface area contributed by atoms with Crippen molar-refractivity contribution < 1.29 is 9.84 Å². The molecule has 3 heteroatoms. The number of benzene rings is 1. The van der Waals surface area contributed by atoms with Gasteiger partial charge in [0, 0.05) is 0 Å². The van der Waals surface area contributed by atoms with Gasteiger partial charge >= 0.3 is 0 Å². The van der Waals surface area contributed by atoms with Crippen LogP contribution in [-0.2, 0) is 0 Å². The maximum absolute atomic E-state index is 9.34. The summed E-state index contributed by atoms with van der Waals surface area (Å²) in [4.78, 5) is 0. The van der Waals surface area contributed by atoms with Crippen molar-refractivity contribution in [1.82, 2.24) is 0 Å². The van der Waals surface area contributed by atoms with Crippen LogP contribution >= 0.6 is 0 Å². The van der Waals surface area contributed by atoms with Crippen LogP contribution in [0.25, 0.3) is 0 Å². The minimum atomic E-state index is -0.714. The molecule has 0 aliphatic heterocycles. The molecule has 1 aromatic rings. The Labute approximate surface area is 103 Å². The average molecular weight is 233 g/mol. The van der Waals surface area contributed by atoms with Crippen LogP contribution in [0.15, 0.2) is 24.3 Å². The summed E-state index contributed by atoms with van der Waals surface area (Å²) in [5.41, 5.74) is 1.29. The van der Waals surface area contributed by atoms with E-state index in [1.54, 1.807) is 0 Å². The summed E-state index contributed by atoms with van der Waals surface area (Å²) in [5.74, 6) is 1.28. The van der Waals surface area contributed by atoms with Crippen LogP contribution in [-0.4, -0.2) is 17.8 Å². The predicted molar refractivity (Wildman–Crippen MR) is 66.9 cm³/mol. The number of aliphatic hydroxyl groups is 1. The Morgan fingerprint density at radius 3 is 2.53 bits per heavy atom. The largest absolute Gasteiger partial charge is 0.491 e. The van der Waals surface area contributed by atoms with E-state index in [1.165, 1.54) is 5.56 Å². The molecule has 2 atom stereocenters. The molecule has 92 valence electrons. The van der Waals surface area contributed by atoms with Crippen LogP contribution in [0.4, 0.5) is 0 Å². The molecule has 3 nitrogen and oxygen atoms in total. The van der Waals surface area contributed by atoms with Gasteiger partial charge < -0.3 is 9.84 Å². The molecule has 0 heterocycles. The van der Waals surface area contributed by atoms with E-state index in [2.05, 4.69) is 13.8 Å². The summed E-state index contributed by atoms with van der Waals surface area (Å²) in [6.07, 6.45) is 0.501. The third kappa shape index (κ3) is 4.46. The van der Waals surface area contributed by atoms with Crippen molar-refractivity contribution >= 4 is 0 Å². The van der Waals surface area contributed by atoms with Gasteiger partial charge in [0.05, 0.1) is 12.5 Å². The molecule has 0 radical (unpaired) electrons. The van der Waals surface area contributed by atoms with Crippen molar-refractivity contribution in [3.8, 4) is 11.8 Å². The molecule has 0 aromatic heterocycles. The summed E-state index contributed by atoms with van der Waals surface area (Å²) >= 11 is 0. The van der Waals surface area contributed by atoms with Gasteiger partial charge in [-0.3, -0.25) is 0 Å². The lowest BCUT2D eigenvalue weighted by Gasteiger charge is -2.12. The highest BCUT2D eigenvalue weighted by atomic mass is 16.5. The maximum Gasteiger partial charge on any atom is 0.119 e. The topological polar surface area (TPSA) is 53.2 Å². The smallest absolute Gasteiger partial charge is 0.119 e. The number of rotatable bonds is 6. The van der Waals surface area contributed by atoms with Crippen LogP contribution < -0.4 is 4.74 Å². The summed E-state index contributed by atoms with van der Waals surface area (Å²) < 4.78 is 5.39. The number of ether oxygens (including phenoxy) is 1. The number of nitrogens with zero attached hydrogens (tertiary/aromatic N) is 1. The molecule has 0 saturated heterocycles. The SMILES string of the molecule is CC[C@H](C)c1ccc(OC[C@@H](O)CC#N)cc1. The molecule has 0 amide bonds. The Morgan fingerprint density at radius 2 is 2.00 bits per heavy atom. The van der Waals surface area contributed by atoms with E-state index < -0.39 is 6.10 Å². The third-order valence-corrected chi connectivity index (χ3v) is 2.83. The quantitative estimate of drug-likeness (QED) is 0.822. The zero-order valence-corrected chi connectivity index (χ0v) is 10.4. The van der Waals surface area contributed by atoms with E-state index >= 15 is 0 Å². The fraction of sp³-hybridized carbons (Fsp3) is 0.500. The Morgan fingerprint density at radius 1 is 1.35 bits per heavy atom. The molecule has 0 spiro atoms. The monoisotopic (exact) mass is 233 g/mol. The minimum Gasteiger partial charge on any atom is -0.491 e. The lowest BCUT2D eigenvalue weighted by atomic mass is 9.99. The number of aliphatic hydroxyl groups excluding tert-OH is 1. The standard InChI is InChI=1S/C14H19NO2/c1-3-11(2)12-4-6-14(7-5-12)17-10-13(16)8-9-15/h4-7,11,13,16H,3,8,10H2,1-2H3/t11-,13-/m0/s1. The molecule has 1 rings (SSSR count). The Hall–Kier alpha value is -1.53. The van der Waals surface area contributed by atoms with E-state index in [-0.39, 0.29) is 13.0 Å². The molecule has 0 bridgehead atoms. The first-order chi connectivity index (χ1) is 8.17. The Bertz CT molecular complexity index is 367.